The lowest BCUT2D eigenvalue weighted by atomic mass is 9.91. The van der Waals surface area contributed by atoms with Crippen LogP contribution in [0.4, 0.5) is 4.39 Å². The fourth-order valence-corrected chi connectivity index (χ4v) is 3.26. The highest BCUT2D eigenvalue weighted by molar-refractivity contribution is 5.86. The van der Waals surface area contributed by atoms with Gasteiger partial charge in [-0.15, -0.1) is 0 Å². The van der Waals surface area contributed by atoms with Gasteiger partial charge in [0.1, 0.15) is 5.82 Å². The highest BCUT2D eigenvalue weighted by Gasteiger charge is 2.54. The summed E-state index contributed by atoms with van der Waals surface area (Å²) in [4.78, 5) is 14.8. The monoisotopic (exact) mass is 299 g/mol. The minimum atomic E-state index is -0.273. The Bertz CT molecular complexity index is 676. The highest BCUT2D eigenvalue weighted by Crippen LogP contribution is 2.51. The molecule has 1 atom stereocenters. The van der Waals surface area contributed by atoms with E-state index in [9.17, 15) is 9.18 Å². The zero-order valence-electron chi connectivity index (χ0n) is 12.3. The van der Waals surface area contributed by atoms with Gasteiger partial charge in [-0.05, 0) is 43.0 Å². The van der Waals surface area contributed by atoms with Gasteiger partial charge < -0.3 is 4.90 Å². The van der Waals surface area contributed by atoms with E-state index in [1.165, 1.54) is 12.1 Å². The molecule has 2 heterocycles. The zero-order chi connectivity index (χ0) is 15.2. The third-order valence-corrected chi connectivity index (χ3v) is 4.87. The Kier molecular flexibility index (Phi) is 3.03. The van der Waals surface area contributed by atoms with Crippen LogP contribution in [0.1, 0.15) is 30.9 Å². The quantitative estimate of drug-likeness (QED) is 0.870. The van der Waals surface area contributed by atoms with Gasteiger partial charge in [0, 0.05) is 18.9 Å². The average molecular weight is 299 g/mol. The van der Waals surface area contributed by atoms with Gasteiger partial charge in [-0.3, -0.25) is 9.48 Å². The number of likely N-dealkylation sites (tertiary alicyclic amines) is 1. The standard InChI is InChI=1S/C17H18FN3O/c18-14-4-2-13(3-5-14)15-6-11-21(15)16(22)17(7-8-17)12-20-10-1-9-19-20/h1-5,9-10,15H,6-8,11-12H2/t15-/m1/s1. The third kappa shape index (κ3) is 2.21. The lowest BCUT2D eigenvalue weighted by Gasteiger charge is -2.43. The zero-order valence-corrected chi connectivity index (χ0v) is 12.3. The van der Waals surface area contributed by atoms with E-state index in [-0.39, 0.29) is 23.2 Å². The Balaban J connectivity index is 1.50. The molecule has 1 aliphatic carbocycles. The first-order valence-electron chi connectivity index (χ1n) is 7.72. The number of carbonyl (C=O) groups is 1. The first-order valence-corrected chi connectivity index (χ1v) is 7.72. The molecule has 1 amide bonds. The molecule has 1 aromatic heterocycles. The van der Waals surface area contributed by atoms with Crippen LogP contribution in [0.15, 0.2) is 42.7 Å². The lowest BCUT2D eigenvalue weighted by molar-refractivity contribution is -0.146. The maximum Gasteiger partial charge on any atom is 0.231 e. The van der Waals surface area contributed by atoms with Crippen LogP contribution in [0.2, 0.25) is 0 Å². The number of carbonyl (C=O) groups excluding carboxylic acids is 1. The van der Waals surface area contributed by atoms with E-state index in [0.717, 1.165) is 31.4 Å². The number of rotatable bonds is 4. The molecule has 1 saturated heterocycles. The van der Waals surface area contributed by atoms with Gasteiger partial charge in [-0.1, -0.05) is 12.1 Å². The lowest BCUT2D eigenvalue weighted by Crippen LogP contribution is -2.49. The number of halogens is 1. The van der Waals surface area contributed by atoms with Crippen LogP contribution in [0.5, 0.6) is 0 Å². The number of hydrogen-bond donors (Lipinski definition) is 0. The third-order valence-electron chi connectivity index (χ3n) is 4.87. The molecule has 4 rings (SSSR count). The highest BCUT2D eigenvalue weighted by atomic mass is 19.1. The van der Waals surface area contributed by atoms with Crippen LogP contribution in [0, 0.1) is 11.2 Å². The van der Waals surface area contributed by atoms with Crippen molar-refractivity contribution in [3.05, 3.63) is 54.1 Å². The normalized spacial score (nSPS) is 22.2. The largest absolute Gasteiger partial charge is 0.335 e. The minimum absolute atomic E-state index is 0.100. The fraction of sp³-hybridized carbons (Fsp3) is 0.412. The van der Waals surface area contributed by atoms with Crippen LogP contribution in [0.3, 0.4) is 0 Å². The van der Waals surface area contributed by atoms with Crippen molar-refractivity contribution in [3.63, 3.8) is 0 Å². The Morgan fingerprint density at radius 1 is 1.32 bits per heavy atom. The molecule has 2 aromatic rings. The van der Waals surface area contributed by atoms with Gasteiger partial charge in [-0.2, -0.15) is 5.10 Å². The maximum atomic E-state index is 13.0. The maximum absolute atomic E-state index is 13.0. The molecule has 114 valence electrons. The molecule has 1 saturated carbocycles. The van der Waals surface area contributed by atoms with E-state index in [4.69, 9.17) is 0 Å². The second kappa shape index (κ2) is 4.93. The molecule has 0 radical (unpaired) electrons. The van der Waals surface area contributed by atoms with Crippen LogP contribution >= 0.6 is 0 Å². The molecular weight excluding hydrogens is 281 g/mol. The Labute approximate surface area is 128 Å². The molecule has 5 heteroatoms. The summed E-state index contributed by atoms with van der Waals surface area (Å²) in [6.45, 7) is 1.45. The number of nitrogens with zero attached hydrogens (tertiary/aromatic N) is 3. The molecule has 2 aliphatic rings. The first kappa shape index (κ1) is 13.5. The van der Waals surface area contributed by atoms with E-state index in [1.807, 2.05) is 21.8 Å². The summed E-state index contributed by atoms with van der Waals surface area (Å²) in [6.07, 6.45) is 6.46. The summed E-state index contributed by atoms with van der Waals surface area (Å²) in [7, 11) is 0. The van der Waals surface area contributed by atoms with Gasteiger partial charge in [0.05, 0.1) is 18.0 Å². The summed E-state index contributed by atoms with van der Waals surface area (Å²) in [5.74, 6) is -0.0122. The number of benzene rings is 1. The van der Waals surface area contributed by atoms with E-state index in [0.29, 0.717) is 6.54 Å². The molecule has 0 N–H and O–H groups in total. The second-order valence-corrected chi connectivity index (χ2v) is 6.34. The second-order valence-electron chi connectivity index (χ2n) is 6.34. The predicted molar refractivity (Wildman–Crippen MR) is 79.4 cm³/mol. The Morgan fingerprint density at radius 2 is 2.09 bits per heavy atom. The van der Waals surface area contributed by atoms with E-state index in [1.54, 1.807) is 18.3 Å². The molecule has 1 aromatic carbocycles. The molecular formula is C17H18FN3O. The van der Waals surface area contributed by atoms with Crippen LogP contribution in [-0.2, 0) is 11.3 Å². The average Bonchev–Trinajstić information content (AvgIpc) is 3.07. The van der Waals surface area contributed by atoms with Gasteiger partial charge in [0.25, 0.3) is 0 Å². The van der Waals surface area contributed by atoms with Crippen LogP contribution in [0.25, 0.3) is 0 Å². The van der Waals surface area contributed by atoms with Gasteiger partial charge in [0.2, 0.25) is 5.91 Å². The van der Waals surface area contributed by atoms with Crippen molar-refractivity contribution in [3.8, 4) is 0 Å². The molecule has 1 aliphatic heterocycles. The van der Waals surface area contributed by atoms with Crippen molar-refractivity contribution < 1.29 is 9.18 Å². The van der Waals surface area contributed by atoms with Gasteiger partial charge in [0.15, 0.2) is 0 Å². The van der Waals surface area contributed by atoms with Crippen molar-refractivity contribution in [1.29, 1.82) is 0 Å². The van der Waals surface area contributed by atoms with Crippen molar-refractivity contribution in [2.75, 3.05) is 6.54 Å². The molecule has 0 bridgehead atoms. The van der Waals surface area contributed by atoms with Gasteiger partial charge in [-0.25, -0.2) is 4.39 Å². The Hall–Kier alpha value is -2.17. The topological polar surface area (TPSA) is 38.1 Å². The first-order chi connectivity index (χ1) is 10.7. The molecule has 2 fully saturated rings. The molecule has 4 nitrogen and oxygen atoms in total. The minimum Gasteiger partial charge on any atom is -0.335 e. The van der Waals surface area contributed by atoms with E-state index < -0.39 is 0 Å². The van der Waals surface area contributed by atoms with Crippen molar-refractivity contribution in [2.45, 2.75) is 31.8 Å². The molecule has 0 spiro atoms. The Morgan fingerprint density at radius 3 is 2.64 bits per heavy atom. The number of aromatic nitrogens is 2. The van der Waals surface area contributed by atoms with Crippen LogP contribution in [-0.4, -0.2) is 27.1 Å². The van der Waals surface area contributed by atoms with Crippen molar-refractivity contribution >= 4 is 5.91 Å². The summed E-state index contributed by atoms with van der Waals surface area (Å²) in [5.41, 5.74) is 0.751. The molecule has 0 unspecified atom stereocenters. The van der Waals surface area contributed by atoms with Gasteiger partial charge >= 0.3 is 0 Å². The van der Waals surface area contributed by atoms with E-state index in [2.05, 4.69) is 5.10 Å². The smallest absolute Gasteiger partial charge is 0.231 e. The summed E-state index contributed by atoms with van der Waals surface area (Å²) >= 11 is 0. The van der Waals surface area contributed by atoms with Crippen molar-refractivity contribution in [2.24, 2.45) is 5.41 Å². The van der Waals surface area contributed by atoms with Crippen LogP contribution < -0.4 is 0 Å². The number of hydrogen-bond acceptors (Lipinski definition) is 2. The van der Waals surface area contributed by atoms with E-state index >= 15 is 0 Å². The SMILES string of the molecule is O=C(N1CC[C@@H]1c1ccc(F)cc1)C1(Cn2cccn2)CC1. The summed E-state index contributed by atoms with van der Waals surface area (Å²) in [6, 6.07) is 8.48. The number of amides is 1. The summed E-state index contributed by atoms with van der Waals surface area (Å²) < 4.78 is 14.9. The fourth-order valence-electron chi connectivity index (χ4n) is 3.26. The summed E-state index contributed by atoms with van der Waals surface area (Å²) in [5, 5.41) is 4.22. The molecule has 22 heavy (non-hydrogen) atoms. The van der Waals surface area contributed by atoms with Crippen molar-refractivity contribution in [1.82, 2.24) is 14.7 Å². The predicted octanol–water partition coefficient (Wildman–Crippen LogP) is 2.78.